The normalized spacial score (nSPS) is 21.4. The second-order valence-electron chi connectivity index (χ2n) is 9.77. The Morgan fingerprint density at radius 2 is 2.05 bits per heavy atom. The number of carbonyl (C=O) groups excluding carboxylic acids is 1. The minimum atomic E-state index is -0.827. The fourth-order valence-electron chi connectivity index (χ4n) is 5.29. The Balaban J connectivity index is 1.38. The van der Waals surface area contributed by atoms with Crippen LogP contribution in [-0.2, 0) is 11.2 Å². The lowest BCUT2D eigenvalue weighted by Crippen LogP contribution is -2.45. The maximum absolute atomic E-state index is 15.2. The number of hydrogen-bond donors (Lipinski definition) is 3. The van der Waals surface area contributed by atoms with E-state index >= 15 is 4.39 Å². The summed E-state index contributed by atoms with van der Waals surface area (Å²) in [6, 6.07) is 12.2. The first-order valence-electron chi connectivity index (χ1n) is 12.7. The van der Waals surface area contributed by atoms with Crippen molar-refractivity contribution in [1.82, 2.24) is 9.55 Å². The monoisotopic (exact) mass is 567 g/mol. The number of benzene rings is 2. The molecule has 0 spiro atoms. The molecule has 0 saturated carbocycles. The highest BCUT2D eigenvalue weighted by atomic mass is 35.5. The molecule has 3 unspecified atom stereocenters. The summed E-state index contributed by atoms with van der Waals surface area (Å²) < 4.78 is 17.0. The van der Waals surface area contributed by atoms with E-state index in [1.165, 1.54) is 13.0 Å². The van der Waals surface area contributed by atoms with Gasteiger partial charge in [0.25, 0.3) is 0 Å². The molecule has 1 aliphatic heterocycles. The molecule has 0 radical (unpaired) electrons. The molecule has 2 heterocycles. The van der Waals surface area contributed by atoms with E-state index in [9.17, 15) is 9.90 Å². The molecule has 2 aliphatic rings. The molecular weight excluding hydrogens is 540 g/mol. The molecule has 1 fully saturated rings. The summed E-state index contributed by atoms with van der Waals surface area (Å²) in [5.41, 5.74) is 2.45. The van der Waals surface area contributed by atoms with E-state index in [1.807, 2.05) is 23.1 Å². The summed E-state index contributed by atoms with van der Waals surface area (Å²) in [7, 11) is 0. The summed E-state index contributed by atoms with van der Waals surface area (Å²) in [5.74, 6) is -0.797. The number of nitrogens with one attached hydrogen (secondary N) is 2. The predicted octanol–water partition coefficient (Wildman–Crippen LogP) is 6.09. The van der Waals surface area contributed by atoms with Crippen LogP contribution >= 0.6 is 23.2 Å². The number of carbonyl (C=O) groups is 1. The summed E-state index contributed by atoms with van der Waals surface area (Å²) in [6.07, 6.45) is 6.51. The summed E-state index contributed by atoms with van der Waals surface area (Å²) >= 11 is 12.6. The molecule has 39 heavy (non-hydrogen) atoms. The molecule has 3 aromatic rings. The number of β-amino-alcohol motifs (C(OH)–C–C–N with tert-alkyl or cyclic N) is 1. The van der Waals surface area contributed by atoms with Gasteiger partial charge >= 0.3 is 0 Å². The lowest BCUT2D eigenvalue weighted by atomic mass is 9.86. The van der Waals surface area contributed by atoms with Gasteiger partial charge in [-0.2, -0.15) is 0 Å². The van der Waals surface area contributed by atoms with E-state index in [2.05, 4.69) is 10.3 Å². The van der Waals surface area contributed by atoms with E-state index in [1.54, 1.807) is 47.3 Å². The highest BCUT2D eigenvalue weighted by Crippen LogP contribution is 2.37. The number of aliphatic hydroxyl groups excluding tert-OH is 1. The third kappa shape index (κ3) is 5.64. The topological polar surface area (TPSA) is 94.2 Å². The number of allylic oxidation sites excluding steroid dienone is 4. The summed E-state index contributed by atoms with van der Waals surface area (Å²) in [5, 5.41) is 24.1. The Morgan fingerprint density at radius 1 is 1.26 bits per heavy atom. The Morgan fingerprint density at radius 3 is 2.79 bits per heavy atom. The highest BCUT2D eigenvalue weighted by molar-refractivity contribution is 6.31. The van der Waals surface area contributed by atoms with Crippen molar-refractivity contribution in [2.24, 2.45) is 5.92 Å². The van der Waals surface area contributed by atoms with Crippen LogP contribution in [0.25, 0.3) is 5.57 Å². The van der Waals surface area contributed by atoms with E-state index < -0.39 is 11.9 Å². The number of imidazole rings is 1. The lowest BCUT2D eigenvalue weighted by Gasteiger charge is -2.39. The summed E-state index contributed by atoms with van der Waals surface area (Å²) in [4.78, 5) is 18.1. The van der Waals surface area contributed by atoms with Crippen molar-refractivity contribution in [2.75, 3.05) is 23.3 Å². The highest BCUT2D eigenvalue weighted by Gasteiger charge is 2.34. The van der Waals surface area contributed by atoms with E-state index in [0.29, 0.717) is 40.9 Å². The largest absolute Gasteiger partial charge is 0.389 e. The van der Waals surface area contributed by atoms with Crippen molar-refractivity contribution in [3.05, 3.63) is 94.3 Å². The maximum atomic E-state index is 15.2. The molecule has 0 bridgehead atoms. The zero-order valence-corrected chi connectivity index (χ0v) is 22.8. The molecule has 2 aromatic carbocycles. The number of hydrogen-bond acceptors (Lipinski definition) is 5. The molecule has 5 rings (SSSR count). The first-order chi connectivity index (χ1) is 18.7. The van der Waals surface area contributed by atoms with Gasteiger partial charge in [0.2, 0.25) is 5.91 Å². The Bertz CT molecular complexity index is 1480. The van der Waals surface area contributed by atoms with Crippen molar-refractivity contribution in [1.29, 1.82) is 5.41 Å². The van der Waals surface area contributed by atoms with Crippen LogP contribution in [0.5, 0.6) is 0 Å². The molecular formula is C29H28Cl2FN5O2. The van der Waals surface area contributed by atoms with Crippen LogP contribution in [-0.4, -0.2) is 45.5 Å². The van der Waals surface area contributed by atoms with Crippen molar-refractivity contribution in [3.8, 4) is 0 Å². The van der Waals surface area contributed by atoms with Gasteiger partial charge in [-0.3, -0.25) is 4.79 Å². The number of anilines is 2. The molecule has 202 valence electrons. The maximum Gasteiger partial charge on any atom is 0.221 e. The van der Waals surface area contributed by atoms with E-state index in [-0.39, 0.29) is 35.7 Å². The van der Waals surface area contributed by atoms with Crippen LogP contribution in [0.15, 0.2) is 72.8 Å². The second kappa shape index (κ2) is 11.3. The van der Waals surface area contributed by atoms with Gasteiger partial charge in [0.1, 0.15) is 11.7 Å². The number of amides is 1. The number of rotatable bonds is 6. The van der Waals surface area contributed by atoms with Crippen LogP contribution in [0.4, 0.5) is 15.8 Å². The standard InChI is InChI=1S/C29H28Cl2FN5O2/c1-17(38)35-23-9-7-20(30)15-25(23)36-12-10-24(26(39)16-36)37-13-11-34-29(37)27-22(32)8-6-19(28(27)33)14-18-4-2-3-5-21(18)31/h2-9,11,13,15,19,24,26,33,39H,10,12,14,16H2,1H3,(H,35,38). The average Bonchev–Trinajstić information content (AvgIpc) is 3.37. The number of nitrogens with zero attached hydrogens (tertiary/aromatic N) is 3. The number of aromatic nitrogens is 2. The third-order valence-corrected chi connectivity index (χ3v) is 7.76. The summed E-state index contributed by atoms with van der Waals surface area (Å²) in [6.45, 7) is 2.26. The Kier molecular flexibility index (Phi) is 7.88. The fourth-order valence-corrected chi connectivity index (χ4v) is 5.67. The van der Waals surface area contributed by atoms with Crippen molar-refractivity contribution >= 4 is 51.8 Å². The first-order valence-corrected chi connectivity index (χ1v) is 13.4. The van der Waals surface area contributed by atoms with Gasteiger partial charge in [-0.1, -0.05) is 47.5 Å². The molecule has 1 aromatic heterocycles. The Hall–Kier alpha value is -3.46. The smallest absolute Gasteiger partial charge is 0.221 e. The SMILES string of the molecule is CC(=O)Nc1ccc(Cl)cc1N1CCC(n2ccnc2C2=C(F)C=CC(Cc3ccccc3Cl)C2=N)C(O)C1. The fraction of sp³-hybridized carbons (Fsp3) is 0.276. The lowest BCUT2D eigenvalue weighted by molar-refractivity contribution is -0.114. The minimum Gasteiger partial charge on any atom is -0.389 e. The molecule has 10 heteroatoms. The van der Waals surface area contributed by atoms with Gasteiger partial charge in [-0.15, -0.1) is 0 Å². The molecule has 7 nitrogen and oxygen atoms in total. The van der Waals surface area contributed by atoms with Crippen LogP contribution < -0.4 is 10.2 Å². The van der Waals surface area contributed by atoms with E-state index in [0.717, 1.165) is 11.3 Å². The predicted molar refractivity (Wildman–Crippen MR) is 153 cm³/mol. The molecule has 1 saturated heterocycles. The van der Waals surface area contributed by atoms with Gasteiger partial charge in [0.05, 0.1) is 34.8 Å². The zero-order valence-electron chi connectivity index (χ0n) is 21.2. The number of halogens is 3. The molecule has 1 amide bonds. The van der Waals surface area contributed by atoms with Crippen molar-refractivity contribution in [2.45, 2.75) is 31.9 Å². The minimum absolute atomic E-state index is 0.119. The van der Waals surface area contributed by atoms with Gasteiger partial charge in [0.15, 0.2) is 0 Å². The zero-order chi connectivity index (χ0) is 27.7. The average molecular weight is 568 g/mol. The van der Waals surface area contributed by atoms with E-state index in [4.69, 9.17) is 28.6 Å². The quantitative estimate of drug-likeness (QED) is 0.336. The number of aliphatic hydroxyl groups is 1. The van der Waals surface area contributed by atoms with Crippen molar-refractivity contribution in [3.63, 3.8) is 0 Å². The van der Waals surface area contributed by atoms with Gasteiger partial charge < -0.3 is 25.3 Å². The third-order valence-electron chi connectivity index (χ3n) is 7.16. The van der Waals surface area contributed by atoms with Gasteiger partial charge in [-0.05, 0) is 48.7 Å². The molecule has 3 atom stereocenters. The van der Waals surface area contributed by atoms with Crippen LogP contribution in [0, 0.1) is 11.3 Å². The van der Waals surface area contributed by atoms with Crippen LogP contribution in [0.3, 0.4) is 0 Å². The Labute approximate surface area is 236 Å². The van der Waals surface area contributed by atoms with Crippen LogP contribution in [0.2, 0.25) is 10.0 Å². The van der Waals surface area contributed by atoms with Crippen LogP contribution in [0.1, 0.15) is 30.8 Å². The van der Waals surface area contributed by atoms with Gasteiger partial charge in [0, 0.05) is 48.4 Å². The second-order valence-corrected chi connectivity index (χ2v) is 10.6. The van der Waals surface area contributed by atoms with Crippen molar-refractivity contribution < 1.29 is 14.3 Å². The first kappa shape index (κ1) is 27.1. The molecule has 1 aliphatic carbocycles. The molecule has 3 N–H and O–H groups in total. The number of piperidine rings is 1. The van der Waals surface area contributed by atoms with Gasteiger partial charge in [-0.25, -0.2) is 9.37 Å².